The Morgan fingerprint density at radius 3 is 2.68 bits per heavy atom. The number of carbonyl (C=O) groups excluding carboxylic acids is 1. The summed E-state index contributed by atoms with van der Waals surface area (Å²) < 4.78 is 5.12. The molecule has 0 amide bonds. The lowest BCUT2D eigenvalue weighted by atomic mass is 9.72. The first-order valence-corrected chi connectivity index (χ1v) is 8.10. The summed E-state index contributed by atoms with van der Waals surface area (Å²) in [6.45, 7) is 10.4. The first-order valence-electron chi connectivity index (χ1n) is 7.72. The van der Waals surface area contributed by atoms with Gasteiger partial charge in [0.25, 0.3) is 0 Å². The molecule has 1 aromatic rings. The highest BCUT2D eigenvalue weighted by molar-refractivity contribution is 6.50. The van der Waals surface area contributed by atoms with Gasteiger partial charge in [-0.2, -0.15) is 0 Å². The number of hydrogen-bond donors (Lipinski definition) is 2. The molecule has 122 valence electrons. The van der Waals surface area contributed by atoms with E-state index in [0.29, 0.717) is 12.3 Å². The van der Waals surface area contributed by atoms with E-state index in [1.54, 1.807) is 6.92 Å². The Morgan fingerprint density at radius 1 is 1.50 bits per heavy atom. The molecule has 0 aromatic carbocycles. The molecule has 1 atom stereocenters. The first kappa shape index (κ1) is 17.1. The van der Waals surface area contributed by atoms with Crippen molar-refractivity contribution in [2.75, 3.05) is 6.61 Å². The van der Waals surface area contributed by atoms with Crippen molar-refractivity contribution in [2.24, 2.45) is 11.1 Å². The molecule has 0 spiro atoms. The van der Waals surface area contributed by atoms with Gasteiger partial charge in [0.15, 0.2) is 0 Å². The summed E-state index contributed by atoms with van der Waals surface area (Å²) in [5.74, 6) is -0.328. The lowest BCUT2D eigenvalue weighted by Crippen LogP contribution is -2.28. The smallest absolute Gasteiger partial charge is 0.355 e. The molecule has 0 saturated heterocycles. The van der Waals surface area contributed by atoms with Crippen LogP contribution in [0.4, 0.5) is 0 Å². The summed E-state index contributed by atoms with van der Waals surface area (Å²) in [5.41, 5.74) is 10.4. The molecule has 5 heteroatoms. The Kier molecular flexibility index (Phi) is 4.73. The van der Waals surface area contributed by atoms with Crippen molar-refractivity contribution in [3.8, 4) is 0 Å². The highest BCUT2D eigenvalue weighted by Crippen LogP contribution is 2.47. The van der Waals surface area contributed by atoms with Gasteiger partial charge in [0, 0.05) is 22.3 Å². The lowest BCUT2D eigenvalue weighted by molar-refractivity contribution is 0.0519. The highest BCUT2D eigenvalue weighted by atomic mass is 35.5. The predicted octanol–water partition coefficient (Wildman–Crippen LogP) is 3.77. The molecule has 4 nitrogen and oxygen atoms in total. The molecule has 22 heavy (non-hydrogen) atoms. The number of aromatic nitrogens is 1. The van der Waals surface area contributed by atoms with E-state index >= 15 is 0 Å². The van der Waals surface area contributed by atoms with Gasteiger partial charge in [-0.3, -0.25) is 0 Å². The van der Waals surface area contributed by atoms with Crippen LogP contribution in [0.1, 0.15) is 61.4 Å². The van der Waals surface area contributed by atoms with Crippen LogP contribution in [0.2, 0.25) is 0 Å². The van der Waals surface area contributed by atoms with E-state index in [0.717, 1.165) is 40.3 Å². The number of nitrogens with two attached hydrogens (primary N) is 1. The minimum absolute atomic E-state index is 0.0494. The van der Waals surface area contributed by atoms with Crippen LogP contribution in [0.25, 0.3) is 5.03 Å². The van der Waals surface area contributed by atoms with Gasteiger partial charge in [0.1, 0.15) is 5.69 Å². The maximum atomic E-state index is 12.1. The summed E-state index contributed by atoms with van der Waals surface area (Å²) in [4.78, 5) is 15.3. The van der Waals surface area contributed by atoms with E-state index in [1.165, 1.54) is 0 Å². The van der Waals surface area contributed by atoms with Crippen LogP contribution in [0, 0.1) is 12.3 Å². The molecule has 0 fully saturated rings. The molecule has 1 aromatic heterocycles. The van der Waals surface area contributed by atoms with Crippen LogP contribution in [0.15, 0.2) is 5.57 Å². The summed E-state index contributed by atoms with van der Waals surface area (Å²) in [7, 11) is 0. The Hall–Kier alpha value is -1.26. The molecule has 3 N–H and O–H groups in total. The number of nitrogens with one attached hydrogen (secondary N) is 1. The number of hydrogen-bond acceptors (Lipinski definition) is 3. The second-order valence-electron chi connectivity index (χ2n) is 6.73. The van der Waals surface area contributed by atoms with E-state index in [-0.39, 0.29) is 17.4 Å². The van der Waals surface area contributed by atoms with Gasteiger partial charge >= 0.3 is 5.97 Å². The number of aromatic amines is 1. The minimum Gasteiger partial charge on any atom is -0.461 e. The number of halogens is 1. The molecule has 0 bridgehead atoms. The zero-order valence-electron chi connectivity index (χ0n) is 14.0. The third-order valence-electron chi connectivity index (χ3n) is 4.25. The van der Waals surface area contributed by atoms with Crippen LogP contribution in [0.5, 0.6) is 0 Å². The fourth-order valence-corrected chi connectivity index (χ4v) is 3.77. The molecular formula is C17H25ClN2O2. The number of rotatable bonds is 4. The second-order valence-corrected chi connectivity index (χ2v) is 7.11. The number of H-pyrrole nitrogens is 1. The summed E-state index contributed by atoms with van der Waals surface area (Å²) >= 11 is 6.69. The molecule has 1 aliphatic rings. The molecule has 1 heterocycles. The third kappa shape index (κ3) is 2.95. The predicted molar refractivity (Wildman–Crippen MR) is 90.0 cm³/mol. The molecule has 0 aliphatic heterocycles. The fraction of sp³-hybridized carbons (Fsp3) is 0.588. The lowest BCUT2D eigenvalue weighted by Gasteiger charge is -2.34. The summed E-state index contributed by atoms with van der Waals surface area (Å²) in [6, 6.07) is 0.0494. The quantitative estimate of drug-likeness (QED) is 0.828. The first-order chi connectivity index (χ1) is 10.2. The van der Waals surface area contributed by atoms with Gasteiger partial charge in [0.05, 0.1) is 6.61 Å². The number of esters is 1. The van der Waals surface area contributed by atoms with Gasteiger partial charge < -0.3 is 15.5 Å². The normalized spacial score (nSPS) is 18.1. The van der Waals surface area contributed by atoms with Crippen molar-refractivity contribution < 1.29 is 9.53 Å². The van der Waals surface area contributed by atoms with Crippen molar-refractivity contribution in [2.45, 2.75) is 53.5 Å². The highest BCUT2D eigenvalue weighted by Gasteiger charge is 2.36. The summed E-state index contributed by atoms with van der Waals surface area (Å²) in [6.07, 6.45) is 1.56. The van der Waals surface area contributed by atoms with Crippen molar-refractivity contribution in [3.05, 3.63) is 28.1 Å². The van der Waals surface area contributed by atoms with Gasteiger partial charge in [-0.15, -0.1) is 0 Å². The zero-order valence-corrected chi connectivity index (χ0v) is 14.7. The van der Waals surface area contributed by atoms with Crippen molar-refractivity contribution in [1.82, 2.24) is 4.98 Å². The van der Waals surface area contributed by atoms with Crippen LogP contribution in [-0.4, -0.2) is 23.6 Å². The average Bonchev–Trinajstić information content (AvgIpc) is 2.71. The van der Waals surface area contributed by atoms with Gasteiger partial charge in [0.2, 0.25) is 0 Å². The number of ether oxygens (including phenoxy) is 1. The Labute approximate surface area is 137 Å². The maximum Gasteiger partial charge on any atom is 0.355 e. The summed E-state index contributed by atoms with van der Waals surface area (Å²) in [5, 5.41) is 0.729. The van der Waals surface area contributed by atoms with E-state index in [1.807, 2.05) is 13.8 Å². The average molecular weight is 325 g/mol. The van der Waals surface area contributed by atoms with Crippen LogP contribution in [-0.2, 0) is 11.2 Å². The van der Waals surface area contributed by atoms with Crippen LogP contribution < -0.4 is 5.73 Å². The number of fused-ring (bicyclic) bond motifs is 1. The standard InChI is InChI=1S/C17H25ClN2O2/c1-6-22-16(21)15-10(3)13-12(20-15)8-17(4,5)11(14(13)18)7-9(2)19/h9,20H,6-8,19H2,1-5H3. The third-order valence-corrected chi connectivity index (χ3v) is 4.67. The Balaban J connectivity index is 2.55. The van der Waals surface area contributed by atoms with Crippen LogP contribution in [0.3, 0.4) is 0 Å². The SMILES string of the molecule is CCOC(=O)c1[nH]c2c(c1C)C(Cl)=C(CC(C)N)C(C)(C)C2. The van der Waals surface area contributed by atoms with E-state index in [9.17, 15) is 4.79 Å². The zero-order chi connectivity index (χ0) is 16.7. The Bertz CT molecular complexity index is 627. The number of carbonyl (C=O) groups is 1. The van der Waals surface area contributed by atoms with Crippen LogP contribution >= 0.6 is 11.6 Å². The van der Waals surface area contributed by atoms with Gasteiger partial charge in [-0.25, -0.2) is 4.79 Å². The minimum atomic E-state index is -0.328. The van der Waals surface area contributed by atoms with E-state index in [2.05, 4.69) is 18.8 Å². The maximum absolute atomic E-state index is 12.1. The van der Waals surface area contributed by atoms with Crippen molar-refractivity contribution in [3.63, 3.8) is 0 Å². The molecule has 0 radical (unpaired) electrons. The topological polar surface area (TPSA) is 68.1 Å². The van der Waals surface area contributed by atoms with Crippen molar-refractivity contribution >= 4 is 22.6 Å². The largest absolute Gasteiger partial charge is 0.461 e. The van der Waals surface area contributed by atoms with Gasteiger partial charge in [-0.05, 0) is 50.2 Å². The van der Waals surface area contributed by atoms with E-state index in [4.69, 9.17) is 22.1 Å². The molecule has 1 aliphatic carbocycles. The molecular weight excluding hydrogens is 300 g/mol. The van der Waals surface area contributed by atoms with E-state index < -0.39 is 0 Å². The van der Waals surface area contributed by atoms with Crippen molar-refractivity contribution in [1.29, 1.82) is 0 Å². The Morgan fingerprint density at radius 2 is 2.14 bits per heavy atom. The molecule has 0 saturated carbocycles. The molecule has 1 unspecified atom stereocenters. The second kappa shape index (κ2) is 6.09. The molecule has 2 rings (SSSR count). The fourth-order valence-electron chi connectivity index (χ4n) is 3.18. The monoisotopic (exact) mass is 324 g/mol. The van der Waals surface area contributed by atoms with Gasteiger partial charge in [-0.1, -0.05) is 25.4 Å².